The van der Waals surface area contributed by atoms with E-state index in [1.54, 1.807) is 4.68 Å². The highest BCUT2D eigenvalue weighted by Gasteiger charge is 2.15. The zero-order valence-corrected chi connectivity index (χ0v) is 10.5. The molecule has 86 valence electrons. The molecule has 1 aromatic heterocycles. The number of anilines is 1. The summed E-state index contributed by atoms with van der Waals surface area (Å²) in [5.41, 5.74) is 8.38. The fourth-order valence-electron chi connectivity index (χ4n) is 1.61. The zero-order chi connectivity index (χ0) is 12.4. The van der Waals surface area contributed by atoms with Crippen molar-refractivity contribution >= 4 is 17.6 Å². The van der Waals surface area contributed by atoms with E-state index in [9.17, 15) is 0 Å². The summed E-state index contributed by atoms with van der Waals surface area (Å²) in [6, 6.07) is 9.93. The van der Waals surface area contributed by atoms with E-state index in [1.807, 2.05) is 37.4 Å². The van der Waals surface area contributed by atoms with E-state index in [4.69, 9.17) is 11.0 Å². The highest BCUT2D eigenvalue weighted by molar-refractivity contribution is 7.98. The first-order valence-electron chi connectivity index (χ1n) is 5.07. The van der Waals surface area contributed by atoms with Crippen LogP contribution >= 0.6 is 11.8 Å². The summed E-state index contributed by atoms with van der Waals surface area (Å²) >= 11 is 1.42. The van der Waals surface area contributed by atoms with Crippen molar-refractivity contribution in [1.29, 1.82) is 5.26 Å². The minimum Gasteiger partial charge on any atom is -0.382 e. The molecular weight excluding hydrogens is 232 g/mol. The van der Waals surface area contributed by atoms with Crippen LogP contribution in [0.5, 0.6) is 0 Å². The van der Waals surface area contributed by atoms with Gasteiger partial charge >= 0.3 is 0 Å². The normalized spacial score (nSPS) is 10.2. The molecule has 1 aromatic carbocycles. The second-order valence-corrected chi connectivity index (χ2v) is 4.43. The summed E-state index contributed by atoms with van der Waals surface area (Å²) in [6.07, 6.45) is 1.88. The van der Waals surface area contributed by atoms with Gasteiger partial charge < -0.3 is 5.73 Å². The number of thioether (sulfide) groups is 1. The molecule has 0 bridgehead atoms. The first-order valence-corrected chi connectivity index (χ1v) is 6.29. The van der Waals surface area contributed by atoms with Gasteiger partial charge in [-0.15, -0.1) is 11.8 Å². The second-order valence-electron chi connectivity index (χ2n) is 3.63. The van der Waals surface area contributed by atoms with Crippen LogP contribution in [0.4, 0.5) is 5.82 Å². The highest BCUT2D eigenvalue weighted by Crippen LogP contribution is 2.26. The summed E-state index contributed by atoms with van der Waals surface area (Å²) < 4.78 is 1.61. The minimum absolute atomic E-state index is 0.391. The summed E-state index contributed by atoms with van der Waals surface area (Å²) in [6.45, 7) is 2.00. The van der Waals surface area contributed by atoms with Crippen molar-refractivity contribution in [2.24, 2.45) is 0 Å². The van der Waals surface area contributed by atoms with Crippen molar-refractivity contribution in [3.05, 3.63) is 35.4 Å². The maximum absolute atomic E-state index is 9.05. The molecule has 0 aliphatic heterocycles. The average Bonchev–Trinajstić information content (AvgIpc) is 2.65. The molecule has 0 saturated heterocycles. The van der Waals surface area contributed by atoms with Crippen molar-refractivity contribution < 1.29 is 0 Å². The number of nitrogen functional groups attached to an aromatic ring is 1. The number of benzene rings is 1. The molecule has 2 rings (SSSR count). The van der Waals surface area contributed by atoms with E-state index < -0.39 is 0 Å². The van der Waals surface area contributed by atoms with Gasteiger partial charge in [0.15, 0.2) is 0 Å². The molecule has 0 saturated carbocycles. The molecule has 0 radical (unpaired) electrons. The summed E-state index contributed by atoms with van der Waals surface area (Å²) in [5.74, 6) is 0.391. The smallest absolute Gasteiger partial charge is 0.146 e. The van der Waals surface area contributed by atoms with Crippen LogP contribution in [0.1, 0.15) is 11.1 Å². The number of hydrogen-bond acceptors (Lipinski definition) is 4. The molecule has 0 fully saturated rings. The predicted molar refractivity (Wildman–Crippen MR) is 69.2 cm³/mol. The predicted octanol–water partition coefficient (Wildman–Crippen LogP) is 2.36. The van der Waals surface area contributed by atoms with Crippen LogP contribution < -0.4 is 5.73 Å². The number of aromatic nitrogens is 2. The Kier molecular flexibility index (Phi) is 3.07. The molecule has 5 heteroatoms. The third-order valence-electron chi connectivity index (χ3n) is 2.44. The lowest BCUT2D eigenvalue weighted by atomic mass is 10.2. The van der Waals surface area contributed by atoms with E-state index in [0.717, 1.165) is 11.3 Å². The van der Waals surface area contributed by atoms with Crippen LogP contribution in [-0.2, 0) is 0 Å². The molecule has 0 unspecified atom stereocenters. The molecule has 4 nitrogen and oxygen atoms in total. The molecule has 0 aliphatic carbocycles. The Balaban J connectivity index is 2.61. The lowest BCUT2D eigenvalue weighted by Gasteiger charge is -2.04. The number of hydrogen-bond donors (Lipinski definition) is 1. The average molecular weight is 244 g/mol. The van der Waals surface area contributed by atoms with Crippen molar-refractivity contribution in [2.45, 2.75) is 11.9 Å². The van der Waals surface area contributed by atoms with Crippen molar-refractivity contribution in [1.82, 2.24) is 9.78 Å². The lowest BCUT2D eigenvalue weighted by Crippen LogP contribution is -2.02. The monoisotopic (exact) mass is 244 g/mol. The summed E-state index contributed by atoms with van der Waals surface area (Å²) in [4.78, 5) is 0. The van der Waals surface area contributed by atoms with Gasteiger partial charge in [-0.25, -0.2) is 4.68 Å². The Morgan fingerprint density at radius 3 is 2.76 bits per heavy atom. The van der Waals surface area contributed by atoms with Gasteiger partial charge in [-0.2, -0.15) is 10.4 Å². The molecule has 0 aliphatic rings. The van der Waals surface area contributed by atoms with Gasteiger partial charge in [0.1, 0.15) is 22.5 Å². The van der Waals surface area contributed by atoms with E-state index in [0.29, 0.717) is 16.4 Å². The fraction of sp³-hybridized carbons (Fsp3) is 0.167. The molecule has 17 heavy (non-hydrogen) atoms. The number of nitrogens with zero attached hydrogens (tertiary/aromatic N) is 3. The van der Waals surface area contributed by atoms with E-state index in [-0.39, 0.29) is 0 Å². The Bertz CT molecular complexity index is 595. The first-order chi connectivity index (χ1) is 8.17. The Hall–Kier alpha value is -1.93. The maximum atomic E-state index is 9.05. The molecule has 2 N–H and O–H groups in total. The largest absolute Gasteiger partial charge is 0.382 e. The fourth-order valence-corrected chi connectivity index (χ4v) is 2.13. The minimum atomic E-state index is 0.391. The Labute approximate surface area is 104 Å². The van der Waals surface area contributed by atoms with Gasteiger partial charge in [-0.3, -0.25) is 0 Å². The van der Waals surface area contributed by atoms with Gasteiger partial charge in [0.25, 0.3) is 0 Å². The van der Waals surface area contributed by atoms with Gasteiger partial charge in [0, 0.05) is 0 Å². The molecular formula is C12H12N4S. The number of nitrogens with two attached hydrogens (primary N) is 1. The van der Waals surface area contributed by atoms with Gasteiger partial charge in [0.2, 0.25) is 0 Å². The standard InChI is InChI=1S/C12H12N4S/c1-8-4-3-5-9(6-8)16-11(14)10(7-13)12(15-16)17-2/h3-6H,14H2,1-2H3. The molecule has 0 amide bonds. The third kappa shape index (κ3) is 1.99. The molecule has 0 atom stereocenters. The van der Waals surface area contributed by atoms with Crippen LogP contribution in [0.15, 0.2) is 29.3 Å². The third-order valence-corrected chi connectivity index (χ3v) is 3.11. The molecule has 1 heterocycles. The zero-order valence-electron chi connectivity index (χ0n) is 9.64. The van der Waals surface area contributed by atoms with E-state index in [2.05, 4.69) is 11.2 Å². The SMILES string of the molecule is CSc1nn(-c2cccc(C)c2)c(N)c1C#N. The van der Waals surface area contributed by atoms with Gasteiger partial charge in [-0.1, -0.05) is 12.1 Å². The number of aryl methyl sites for hydroxylation is 1. The van der Waals surface area contributed by atoms with Crippen LogP contribution in [0.2, 0.25) is 0 Å². The van der Waals surface area contributed by atoms with Crippen LogP contribution in [0.3, 0.4) is 0 Å². The van der Waals surface area contributed by atoms with Crippen LogP contribution in [0, 0.1) is 18.3 Å². The van der Waals surface area contributed by atoms with Crippen molar-refractivity contribution in [3.8, 4) is 11.8 Å². The Morgan fingerprint density at radius 1 is 1.47 bits per heavy atom. The van der Waals surface area contributed by atoms with E-state index >= 15 is 0 Å². The Morgan fingerprint density at radius 2 is 2.24 bits per heavy atom. The summed E-state index contributed by atoms with van der Waals surface area (Å²) in [5, 5.41) is 14.0. The molecule has 0 spiro atoms. The van der Waals surface area contributed by atoms with E-state index in [1.165, 1.54) is 11.8 Å². The first kappa shape index (κ1) is 11.6. The quantitative estimate of drug-likeness (QED) is 0.823. The highest BCUT2D eigenvalue weighted by atomic mass is 32.2. The summed E-state index contributed by atoms with van der Waals surface area (Å²) in [7, 11) is 0. The molecule has 2 aromatic rings. The van der Waals surface area contributed by atoms with Gasteiger partial charge in [0.05, 0.1) is 5.69 Å². The lowest BCUT2D eigenvalue weighted by molar-refractivity contribution is 0.845. The maximum Gasteiger partial charge on any atom is 0.146 e. The topological polar surface area (TPSA) is 67.6 Å². The van der Waals surface area contributed by atoms with Crippen molar-refractivity contribution in [3.63, 3.8) is 0 Å². The van der Waals surface area contributed by atoms with Gasteiger partial charge in [-0.05, 0) is 30.9 Å². The van der Waals surface area contributed by atoms with Crippen molar-refractivity contribution in [2.75, 3.05) is 12.0 Å². The van der Waals surface area contributed by atoms with Crippen LogP contribution in [0.25, 0.3) is 5.69 Å². The number of nitriles is 1. The number of rotatable bonds is 2. The van der Waals surface area contributed by atoms with Crippen LogP contribution in [-0.4, -0.2) is 16.0 Å². The second kappa shape index (κ2) is 4.52.